The maximum atomic E-state index is 12.2. The van der Waals surface area contributed by atoms with Crippen LogP contribution in [0.3, 0.4) is 0 Å². The zero-order valence-corrected chi connectivity index (χ0v) is 11.5. The normalized spacial score (nSPS) is 14.5. The molecule has 0 aromatic heterocycles. The second-order valence-corrected chi connectivity index (χ2v) is 4.76. The first-order chi connectivity index (χ1) is 10.8. The summed E-state index contributed by atoms with van der Waals surface area (Å²) in [6.07, 6.45) is 0. The number of ether oxygens (including phenoxy) is 5. The zero-order valence-electron chi connectivity index (χ0n) is 11.5. The van der Waals surface area contributed by atoms with Gasteiger partial charge in [-0.05, 0) is 30.3 Å². The van der Waals surface area contributed by atoms with E-state index in [-0.39, 0.29) is 6.79 Å². The zero-order chi connectivity index (χ0) is 14.9. The molecular weight excluding hydrogens is 288 g/mol. The van der Waals surface area contributed by atoms with E-state index in [9.17, 15) is 4.79 Å². The highest BCUT2D eigenvalue weighted by atomic mass is 16.7. The topological polar surface area (TPSA) is 63.2 Å². The monoisotopic (exact) mass is 300 g/mol. The van der Waals surface area contributed by atoms with Crippen molar-refractivity contribution in [3.8, 4) is 28.7 Å². The third-order valence-corrected chi connectivity index (χ3v) is 3.33. The Morgan fingerprint density at radius 2 is 1.50 bits per heavy atom. The minimum absolute atomic E-state index is 0.175. The predicted molar refractivity (Wildman–Crippen MR) is 75.0 cm³/mol. The van der Waals surface area contributed by atoms with E-state index in [1.165, 1.54) is 0 Å². The van der Waals surface area contributed by atoms with Crippen LogP contribution in [0.1, 0.15) is 10.4 Å². The summed E-state index contributed by atoms with van der Waals surface area (Å²) in [6.45, 7) is 1.15. The number of benzene rings is 2. The van der Waals surface area contributed by atoms with Crippen molar-refractivity contribution < 1.29 is 28.5 Å². The fourth-order valence-electron chi connectivity index (χ4n) is 2.28. The van der Waals surface area contributed by atoms with Gasteiger partial charge in [0.2, 0.25) is 6.79 Å². The van der Waals surface area contributed by atoms with Crippen LogP contribution in [0.5, 0.6) is 28.7 Å². The summed E-state index contributed by atoms with van der Waals surface area (Å²) in [7, 11) is 0. The minimum atomic E-state index is -0.476. The molecule has 0 radical (unpaired) electrons. The second-order valence-electron chi connectivity index (χ2n) is 4.76. The van der Waals surface area contributed by atoms with Crippen molar-refractivity contribution in [3.63, 3.8) is 0 Å². The Labute approximate surface area is 126 Å². The van der Waals surface area contributed by atoms with Crippen molar-refractivity contribution in [2.75, 3.05) is 20.0 Å². The Kier molecular flexibility index (Phi) is 3.00. The molecule has 2 heterocycles. The first-order valence-electron chi connectivity index (χ1n) is 6.81. The quantitative estimate of drug-likeness (QED) is 0.627. The molecule has 0 amide bonds. The average molecular weight is 300 g/mol. The third kappa shape index (κ3) is 2.28. The lowest BCUT2D eigenvalue weighted by Gasteiger charge is -2.18. The van der Waals surface area contributed by atoms with E-state index in [0.717, 1.165) is 0 Å². The summed E-state index contributed by atoms with van der Waals surface area (Å²) in [5, 5.41) is 0. The molecular formula is C16H12O6. The van der Waals surface area contributed by atoms with Crippen LogP contribution in [-0.2, 0) is 0 Å². The molecule has 0 saturated carbocycles. The van der Waals surface area contributed by atoms with Gasteiger partial charge in [-0.2, -0.15) is 0 Å². The van der Waals surface area contributed by atoms with Gasteiger partial charge in [-0.1, -0.05) is 0 Å². The van der Waals surface area contributed by atoms with Crippen molar-refractivity contribution >= 4 is 5.97 Å². The van der Waals surface area contributed by atoms with Crippen LogP contribution in [-0.4, -0.2) is 26.0 Å². The maximum Gasteiger partial charge on any atom is 0.343 e. The van der Waals surface area contributed by atoms with Gasteiger partial charge in [-0.3, -0.25) is 0 Å². The van der Waals surface area contributed by atoms with Crippen molar-refractivity contribution in [2.24, 2.45) is 0 Å². The van der Waals surface area contributed by atoms with Crippen LogP contribution in [0.25, 0.3) is 0 Å². The van der Waals surface area contributed by atoms with Crippen molar-refractivity contribution in [1.29, 1.82) is 0 Å². The number of hydrogen-bond donors (Lipinski definition) is 0. The summed E-state index contributed by atoms with van der Waals surface area (Å²) in [5.74, 6) is 2.30. The Hall–Kier alpha value is -2.89. The van der Waals surface area contributed by atoms with E-state index in [2.05, 4.69) is 0 Å². The van der Waals surface area contributed by atoms with Gasteiger partial charge in [0.25, 0.3) is 0 Å². The Morgan fingerprint density at radius 3 is 2.41 bits per heavy atom. The summed E-state index contributed by atoms with van der Waals surface area (Å²) in [5.41, 5.74) is 0.391. The highest BCUT2D eigenvalue weighted by Gasteiger charge is 2.18. The molecule has 2 aliphatic rings. The number of carbonyl (C=O) groups is 1. The van der Waals surface area contributed by atoms with Crippen LogP contribution in [0.15, 0.2) is 36.4 Å². The molecule has 0 N–H and O–H groups in total. The van der Waals surface area contributed by atoms with Gasteiger partial charge in [0.15, 0.2) is 23.0 Å². The molecule has 6 heteroatoms. The Balaban J connectivity index is 1.54. The Morgan fingerprint density at radius 1 is 0.818 bits per heavy atom. The van der Waals surface area contributed by atoms with Crippen molar-refractivity contribution in [1.82, 2.24) is 0 Å². The van der Waals surface area contributed by atoms with Gasteiger partial charge in [0, 0.05) is 6.07 Å². The maximum absolute atomic E-state index is 12.2. The van der Waals surface area contributed by atoms with Gasteiger partial charge >= 0.3 is 5.97 Å². The van der Waals surface area contributed by atoms with E-state index in [0.29, 0.717) is 47.5 Å². The lowest BCUT2D eigenvalue weighted by molar-refractivity contribution is 0.0733. The van der Waals surface area contributed by atoms with Crippen molar-refractivity contribution in [3.05, 3.63) is 42.0 Å². The van der Waals surface area contributed by atoms with Crippen molar-refractivity contribution in [2.45, 2.75) is 0 Å². The molecule has 0 aliphatic carbocycles. The lowest BCUT2D eigenvalue weighted by Crippen LogP contribution is -2.16. The molecule has 6 nitrogen and oxygen atoms in total. The second kappa shape index (κ2) is 5.14. The molecule has 0 unspecified atom stereocenters. The predicted octanol–water partition coefficient (Wildman–Crippen LogP) is 2.41. The molecule has 2 aliphatic heterocycles. The number of carbonyl (C=O) groups excluding carboxylic acids is 1. The summed E-state index contributed by atoms with van der Waals surface area (Å²) < 4.78 is 26.7. The first kappa shape index (κ1) is 12.8. The molecule has 2 aromatic rings. The Bertz CT molecular complexity index is 739. The molecule has 2 aromatic carbocycles. The number of hydrogen-bond acceptors (Lipinski definition) is 6. The highest BCUT2D eigenvalue weighted by molar-refractivity contribution is 5.92. The number of esters is 1. The number of fused-ring (bicyclic) bond motifs is 2. The average Bonchev–Trinajstić information content (AvgIpc) is 3.02. The van der Waals surface area contributed by atoms with E-state index in [1.807, 2.05) is 0 Å². The summed E-state index contributed by atoms with van der Waals surface area (Å²) in [6, 6.07) is 9.94. The standard InChI is InChI=1S/C16H12O6/c17-16(10-1-3-12-14(7-10)19-6-5-18-12)22-11-2-4-13-15(8-11)21-9-20-13/h1-4,7-8H,5-6,9H2. The largest absolute Gasteiger partial charge is 0.486 e. The fourth-order valence-corrected chi connectivity index (χ4v) is 2.28. The van der Waals surface area contributed by atoms with Crippen LogP contribution in [0, 0.1) is 0 Å². The first-order valence-corrected chi connectivity index (χ1v) is 6.81. The van der Waals surface area contributed by atoms with E-state index in [4.69, 9.17) is 23.7 Å². The van der Waals surface area contributed by atoms with Gasteiger partial charge in [0.1, 0.15) is 19.0 Å². The van der Waals surface area contributed by atoms with Crippen LogP contribution in [0.2, 0.25) is 0 Å². The molecule has 4 rings (SSSR count). The molecule has 0 spiro atoms. The number of rotatable bonds is 2. The third-order valence-electron chi connectivity index (χ3n) is 3.33. The van der Waals surface area contributed by atoms with Gasteiger partial charge < -0.3 is 23.7 Å². The van der Waals surface area contributed by atoms with Gasteiger partial charge in [-0.25, -0.2) is 4.79 Å². The van der Waals surface area contributed by atoms with Crippen LogP contribution < -0.4 is 23.7 Å². The van der Waals surface area contributed by atoms with E-state index < -0.39 is 5.97 Å². The SMILES string of the molecule is O=C(Oc1ccc2c(c1)OCO2)c1ccc2c(c1)OCCO2. The molecule has 112 valence electrons. The minimum Gasteiger partial charge on any atom is -0.486 e. The molecule has 0 atom stereocenters. The molecule has 0 fully saturated rings. The van der Waals surface area contributed by atoms with E-state index in [1.54, 1.807) is 36.4 Å². The fraction of sp³-hybridized carbons (Fsp3) is 0.188. The molecule has 0 bridgehead atoms. The highest BCUT2D eigenvalue weighted by Crippen LogP contribution is 2.36. The smallest absolute Gasteiger partial charge is 0.343 e. The molecule has 22 heavy (non-hydrogen) atoms. The van der Waals surface area contributed by atoms with Crippen LogP contribution in [0.4, 0.5) is 0 Å². The van der Waals surface area contributed by atoms with Gasteiger partial charge in [-0.15, -0.1) is 0 Å². The summed E-state index contributed by atoms with van der Waals surface area (Å²) >= 11 is 0. The van der Waals surface area contributed by atoms with Crippen LogP contribution >= 0.6 is 0 Å². The molecule has 0 saturated heterocycles. The lowest BCUT2D eigenvalue weighted by atomic mass is 10.2. The van der Waals surface area contributed by atoms with E-state index >= 15 is 0 Å². The van der Waals surface area contributed by atoms with Gasteiger partial charge in [0.05, 0.1) is 5.56 Å². The summed E-state index contributed by atoms with van der Waals surface area (Å²) in [4.78, 5) is 12.2.